The van der Waals surface area contributed by atoms with Gasteiger partial charge in [-0.15, -0.1) is 0 Å². The molecule has 1 atom stereocenters. The average Bonchev–Trinajstić information content (AvgIpc) is 3.19. The van der Waals surface area contributed by atoms with Crippen LogP contribution in [-0.2, 0) is 28.6 Å². The van der Waals surface area contributed by atoms with E-state index in [2.05, 4.69) is 34.6 Å². The first-order chi connectivity index (χ1) is 28.2. The number of esters is 3. The second kappa shape index (κ2) is 44.9. The molecule has 0 spiro atoms. The van der Waals surface area contributed by atoms with Crippen molar-refractivity contribution in [3.8, 4) is 0 Å². The fourth-order valence-corrected chi connectivity index (χ4v) is 7.81. The third kappa shape index (κ3) is 45.5. The topological polar surface area (TPSA) is 78.9 Å². The van der Waals surface area contributed by atoms with E-state index in [9.17, 15) is 14.4 Å². The monoisotopic (exact) mass is 821 g/mol. The molecule has 0 aromatic rings. The molecule has 0 unspecified atom stereocenters. The highest BCUT2D eigenvalue weighted by Gasteiger charge is 2.19. The van der Waals surface area contributed by atoms with Gasteiger partial charge in [0.05, 0.1) is 0 Å². The molecular weight excluding hydrogens is 721 g/mol. The summed E-state index contributed by atoms with van der Waals surface area (Å²) in [6.45, 7) is 11.3. The SMILES string of the molecule is CCCCCCCCCCCCCCCCCC(=O)OC[C@H](COC(=O)CCCCCCCCCCCCCC(C)C)OC(=O)CCCCCCCCCCC(C)C. The molecule has 0 aliphatic carbocycles. The van der Waals surface area contributed by atoms with Gasteiger partial charge in [-0.1, -0.05) is 247 Å². The lowest BCUT2D eigenvalue weighted by Crippen LogP contribution is -2.30. The van der Waals surface area contributed by atoms with Gasteiger partial charge in [0.25, 0.3) is 0 Å². The highest BCUT2D eigenvalue weighted by atomic mass is 16.6. The Morgan fingerprint density at radius 2 is 0.569 bits per heavy atom. The van der Waals surface area contributed by atoms with Crippen LogP contribution < -0.4 is 0 Å². The predicted molar refractivity (Wildman–Crippen MR) is 247 cm³/mol. The molecule has 0 bridgehead atoms. The second-order valence-corrected chi connectivity index (χ2v) is 18.8. The largest absolute Gasteiger partial charge is 0.462 e. The second-order valence-electron chi connectivity index (χ2n) is 18.8. The van der Waals surface area contributed by atoms with Crippen molar-refractivity contribution in [1.29, 1.82) is 0 Å². The molecule has 0 aromatic carbocycles. The molecule has 0 fully saturated rings. The van der Waals surface area contributed by atoms with Crippen molar-refractivity contribution >= 4 is 17.9 Å². The smallest absolute Gasteiger partial charge is 0.306 e. The summed E-state index contributed by atoms with van der Waals surface area (Å²) in [6.07, 6.45) is 45.2. The maximum Gasteiger partial charge on any atom is 0.306 e. The van der Waals surface area contributed by atoms with Gasteiger partial charge in [-0.25, -0.2) is 0 Å². The van der Waals surface area contributed by atoms with E-state index in [0.717, 1.165) is 69.6 Å². The quantitative estimate of drug-likeness (QED) is 0.0346. The maximum absolute atomic E-state index is 12.7. The first-order valence-electron chi connectivity index (χ1n) is 25.7. The van der Waals surface area contributed by atoms with Gasteiger partial charge >= 0.3 is 17.9 Å². The summed E-state index contributed by atoms with van der Waals surface area (Å²) in [5, 5.41) is 0. The van der Waals surface area contributed by atoms with E-state index in [-0.39, 0.29) is 31.1 Å². The number of unbranched alkanes of at least 4 members (excludes halogenated alkanes) is 31. The number of carbonyl (C=O) groups is 3. The fraction of sp³-hybridized carbons (Fsp3) is 0.942. The van der Waals surface area contributed by atoms with Gasteiger partial charge < -0.3 is 14.2 Å². The summed E-state index contributed by atoms with van der Waals surface area (Å²) < 4.78 is 16.8. The number of hydrogen-bond acceptors (Lipinski definition) is 6. The summed E-state index contributed by atoms with van der Waals surface area (Å²) in [5.41, 5.74) is 0. The summed E-state index contributed by atoms with van der Waals surface area (Å²) in [7, 11) is 0. The molecule has 344 valence electrons. The van der Waals surface area contributed by atoms with Crippen molar-refractivity contribution in [3.63, 3.8) is 0 Å². The third-order valence-corrected chi connectivity index (χ3v) is 11.7. The van der Waals surface area contributed by atoms with Crippen LogP contribution in [0.3, 0.4) is 0 Å². The molecular formula is C52H100O6. The van der Waals surface area contributed by atoms with Gasteiger partial charge in [0, 0.05) is 19.3 Å². The minimum absolute atomic E-state index is 0.0641. The molecule has 0 heterocycles. The highest BCUT2D eigenvalue weighted by molar-refractivity contribution is 5.71. The Hall–Kier alpha value is -1.59. The number of hydrogen-bond donors (Lipinski definition) is 0. The predicted octanol–water partition coefficient (Wildman–Crippen LogP) is 16.5. The van der Waals surface area contributed by atoms with Crippen molar-refractivity contribution in [2.24, 2.45) is 11.8 Å². The van der Waals surface area contributed by atoms with Crippen molar-refractivity contribution < 1.29 is 28.6 Å². The normalized spacial score (nSPS) is 12.1. The van der Waals surface area contributed by atoms with Crippen LogP contribution in [0.5, 0.6) is 0 Å². The first-order valence-corrected chi connectivity index (χ1v) is 25.7. The molecule has 6 nitrogen and oxygen atoms in total. The molecule has 0 radical (unpaired) electrons. The minimum atomic E-state index is -0.762. The summed E-state index contributed by atoms with van der Waals surface area (Å²) in [6, 6.07) is 0. The van der Waals surface area contributed by atoms with Crippen molar-refractivity contribution in [2.75, 3.05) is 13.2 Å². The van der Waals surface area contributed by atoms with Crippen LogP contribution in [0, 0.1) is 11.8 Å². The van der Waals surface area contributed by atoms with Crippen LogP contribution in [-0.4, -0.2) is 37.2 Å². The molecule has 0 amide bonds. The zero-order valence-electron chi connectivity index (χ0n) is 39.7. The van der Waals surface area contributed by atoms with E-state index in [1.54, 1.807) is 0 Å². The number of ether oxygens (including phenoxy) is 3. The van der Waals surface area contributed by atoms with E-state index in [1.165, 1.54) is 173 Å². The lowest BCUT2D eigenvalue weighted by Gasteiger charge is -2.18. The molecule has 6 heteroatoms. The Kier molecular flexibility index (Phi) is 43.7. The molecule has 0 aliphatic rings. The lowest BCUT2D eigenvalue weighted by molar-refractivity contribution is -0.167. The number of rotatable bonds is 46. The highest BCUT2D eigenvalue weighted by Crippen LogP contribution is 2.17. The Morgan fingerprint density at radius 3 is 0.845 bits per heavy atom. The zero-order valence-corrected chi connectivity index (χ0v) is 39.7. The average molecular weight is 821 g/mol. The van der Waals surface area contributed by atoms with Gasteiger partial charge in [0.15, 0.2) is 6.10 Å². The van der Waals surface area contributed by atoms with Crippen molar-refractivity contribution in [3.05, 3.63) is 0 Å². The number of carbonyl (C=O) groups excluding carboxylic acids is 3. The third-order valence-electron chi connectivity index (χ3n) is 11.7. The van der Waals surface area contributed by atoms with Gasteiger partial charge in [-0.2, -0.15) is 0 Å². The summed E-state index contributed by atoms with van der Waals surface area (Å²) in [4.78, 5) is 37.9. The van der Waals surface area contributed by atoms with Crippen LogP contribution >= 0.6 is 0 Å². The van der Waals surface area contributed by atoms with E-state index in [4.69, 9.17) is 14.2 Å². The standard InChI is InChI=1S/C52H100O6/c1-6-7-8-9-10-11-12-13-14-15-18-21-27-32-37-42-50(53)56-45-49(58-52(55)44-39-34-29-24-23-26-31-36-41-48(4)5)46-57-51(54)43-38-33-28-22-19-16-17-20-25-30-35-40-47(2)3/h47-49H,6-46H2,1-5H3/t49-/m1/s1. The van der Waals surface area contributed by atoms with Gasteiger partial charge in [-0.3, -0.25) is 14.4 Å². The Morgan fingerprint density at radius 1 is 0.328 bits per heavy atom. The minimum Gasteiger partial charge on any atom is -0.462 e. The Bertz CT molecular complexity index is 885. The van der Waals surface area contributed by atoms with Crippen LogP contribution in [0.15, 0.2) is 0 Å². The van der Waals surface area contributed by atoms with E-state index in [0.29, 0.717) is 19.3 Å². The first kappa shape index (κ1) is 56.4. The van der Waals surface area contributed by atoms with Crippen LogP contribution in [0.4, 0.5) is 0 Å². The molecule has 0 rings (SSSR count). The molecule has 58 heavy (non-hydrogen) atoms. The maximum atomic E-state index is 12.7. The Balaban J connectivity index is 4.30. The molecule has 0 N–H and O–H groups in total. The van der Waals surface area contributed by atoms with E-state index >= 15 is 0 Å². The van der Waals surface area contributed by atoms with Crippen LogP contribution in [0.1, 0.15) is 285 Å². The summed E-state index contributed by atoms with van der Waals surface area (Å²) in [5.74, 6) is 0.770. The van der Waals surface area contributed by atoms with Crippen LogP contribution in [0.25, 0.3) is 0 Å². The van der Waals surface area contributed by atoms with Crippen molar-refractivity contribution in [1.82, 2.24) is 0 Å². The molecule has 0 saturated heterocycles. The fourth-order valence-electron chi connectivity index (χ4n) is 7.81. The van der Waals surface area contributed by atoms with Crippen molar-refractivity contribution in [2.45, 2.75) is 291 Å². The lowest BCUT2D eigenvalue weighted by atomic mass is 10.0. The molecule has 0 aliphatic heterocycles. The van der Waals surface area contributed by atoms with Gasteiger partial charge in [-0.05, 0) is 31.1 Å². The molecule has 0 saturated carbocycles. The van der Waals surface area contributed by atoms with Gasteiger partial charge in [0.2, 0.25) is 0 Å². The van der Waals surface area contributed by atoms with E-state index < -0.39 is 6.10 Å². The molecule has 0 aromatic heterocycles. The summed E-state index contributed by atoms with van der Waals surface area (Å²) >= 11 is 0. The zero-order chi connectivity index (χ0) is 42.6. The van der Waals surface area contributed by atoms with E-state index in [1.807, 2.05) is 0 Å². The van der Waals surface area contributed by atoms with Gasteiger partial charge in [0.1, 0.15) is 13.2 Å². The van der Waals surface area contributed by atoms with Crippen LogP contribution in [0.2, 0.25) is 0 Å². The Labute approximate surface area is 361 Å².